The topological polar surface area (TPSA) is 73.6 Å². The van der Waals surface area contributed by atoms with Crippen LogP contribution >= 0.6 is 0 Å². The lowest BCUT2D eigenvalue weighted by Gasteiger charge is -2.29. The van der Waals surface area contributed by atoms with Crippen LogP contribution in [0.25, 0.3) is 0 Å². The van der Waals surface area contributed by atoms with Gasteiger partial charge in [0.25, 0.3) is 5.69 Å². The van der Waals surface area contributed by atoms with Crippen LogP contribution in [0.5, 0.6) is 11.5 Å². The number of rotatable bonds is 5. The highest BCUT2D eigenvalue weighted by Crippen LogP contribution is 2.40. The third kappa shape index (κ3) is 2.92. The Morgan fingerprint density at radius 2 is 2.00 bits per heavy atom. The first-order valence-electron chi connectivity index (χ1n) is 7.96. The number of non-ortho nitro benzene ring substituents is 1. The lowest BCUT2D eigenvalue weighted by Crippen LogP contribution is -2.31. The minimum Gasteiger partial charge on any atom is -0.493 e. The van der Waals surface area contributed by atoms with Crippen LogP contribution in [0.15, 0.2) is 36.4 Å². The summed E-state index contributed by atoms with van der Waals surface area (Å²) in [6.45, 7) is 3.33. The Labute approximate surface area is 140 Å². The van der Waals surface area contributed by atoms with Crippen LogP contribution in [0.3, 0.4) is 0 Å². The zero-order valence-corrected chi connectivity index (χ0v) is 13.7. The van der Waals surface area contributed by atoms with E-state index in [0.717, 1.165) is 41.2 Å². The SMILES string of the molecule is CCOc1c(OC)ccc2c1CCNC2c1ccc([N+](=O)[O-])cc1. The van der Waals surface area contributed by atoms with Gasteiger partial charge in [0.2, 0.25) is 0 Å². The molecule has 1 N–H and O–H groups in total. The number of hydrogen-bond acceptors (Lipinski definition) is 5. The minimum absolute atomic E-state index is 0.0142. The van der Waals surface area contributed by atoms with Gasteiger partial charge in [-0.1, -0.05) is 18.2 Å². The van der Waals surface area contributed by atoms with E-state index in [2.05, 4.69) is 5.32 Å². The van der Waals surface area contributed by atoms with E-state index in [-0.39, 0.29) is 16.7 Å². The maximum atomic E-state index is 10.8. The van der Waals surface area contributed by atoms with Gasteiger partial charge in [0.1, 0.15) is 0 Å². The van der Waals surface area contributed by atoms with Gasteiger partial charge in [-0.15, -0.1) is 0 Å². The summed E-state index contributed by atoms with van der Waals surface area (Å²) in [5.41, 5.74) is 3.35. The molecule has 24 heavy (non-hydrogen) atoms. The van der Waals surface area contributed by atoms with E-state index >= 15 is 0 Å². The van der Waals surface area contributed by atoms with Crippen LogP contribution in [-0.2, 0) is 6.42 Å². The molecule has 0 radical (unpaired) electrons. The quantitative estimate of drug-likeness (QED) is 0.674. The molecule has 1 unspecified atom stereocenters. The van der Waals surface area contributed by atoms with Crippen molar-refractivity contribution in [3.05, 3.63) is 63.2 Å². The number of fused-ring (bicyclic) bond motifs is 1. The first kappa shape index (κ1) is 16.3. The highest BCUT2D eigenvalue weighted by molar-refractivity contribution is 5.55. The summed E-state index contributed by atoms with van der Waals surface area (Å²) in [7, 11) is 1.64. The summed E-state index contributed by atoms with van der Waals surface area (Å²) < 4.78 is 11.2. The summed E-state index contributed by atoms with van der Waals surface area (Å²) in [6, 6.07) is 10.6. The largest absolute Gasteiger partial charge is 0.493 e. The molecule has 0 bridgehead atoms. The number of hydrogen-bond donors (Lipinski definition) is 1. The van der Waals surface area contributed by atoms with E-state index in [0.29, 0.717) is 6.61 Å². The fourth-order valence-electron chi connectivity index (χ4n) is 3.15. The van der Waals surface area contributed by atoms with Gasteiger partial charge in [0.05, 0.1) is 24.7 Å². The highest BCUT2D eigenvalue weighted by Gasteiger charge is 2.26. The van der Waals surface area contributed by atoms with E-state index in [1.807, 2.05) is 19.1 Å². The molecule has 2 aromatic rings. The second-order valence-corrected chi connectivity index (χ2v) is 5.58. The predicted octanol–water partition coefficient (Wildman–Crippen LogP) is 3.24. The number of nitro benzene ring substituents is 1. The molecule has 6 heteroatoms. The molecule has 0 fully saturated rings. The normalized spacial score (nSPS) is 16.3. The molecule has 0 saturated carbocycles. The molecule has 0 saturated heterocycles. The Bertz CT molecular complexity index is 743. The molecule has 1 aliphatic heterocycles. The van der Waals surface area contributed by atoms with Gasteiger partial charge < -0.3 is 14.8 Å². The monoisotopic (exact) mass is 328 g/mol. The van der Waals surface area contributed by atoms with E-state index < -0.39 is 0 Å². The third-order valence-corrected chi connectivity index (χ3v) is 4.24. The van der Waals surface area contributed by atoms with Crippen LogP contribution < -0.4 is 14.8 Å². The minimum atomic E-state index is -0.385. The second-order valence-electron chi connectivity index (χ2n) is 5.58. The van der Waals surface area contributed by atoms with Crippen LogP contribution in [0, 0.1) is 10.1 Å². The molecule has 0 spiro atoms. The Balaban J connectivity index is 2.02. The molecule has 1 heterocycles. The smallest absolute Gasteiger partial charge is 0.269 e. The number of nitrogens with one attached hydrogen (secondary N) is 1. The molecule has 0 aliphatic carbocycles. The number of methoxy groups -OCH3 is 1. The van der Waals surface area contributed by atoms with Gasteiger partial charge in [-0.25, -0.2) is 0 Å². The van der Waals surface area contributed by atoms with Crippen molar-refractivity contribution in [2.75, 3.05) is 20.3 Å². The van der Waals surface area contributed by atoms with Crippen molar-refractivity contribution in [3.63, 3.8) is 0 Å². The first-order valence-corrected chi connectivity index (χ1v) is 7.96. The zero-order valence-electron chi connectivity index (χ0n) is 13.7. The lowest BCUT2D eigenvalue weighted by molar-refractivity contribution is -0.384. The van der Waals surface area contributed by atoms with Gasteiger partial charge in [0.15, 0.2) is 11.5 Å². The van der Waals surface area contributed by atoms with Crippen LogP contribution in [0.1, 0.15) is 29.7 Å². The number of nitro groups is 1. The summed E-state index contributed by atoms with van der Waals surface area (Å²) >= 11 is 0. The summed E-state index contributed by atoms with van der Waals surface area (Å²) in [5, 5.41) is 14.3. The molecule has 1 aliphatic rings. The molecule has 6 nitrogen and oxygen atoms in total. The van der Waals surface area contributed by atoms with Crippen molar-refractivity contribution in [2.24, 2.45) is 0 Å². The van der Waals surface area contributed by atoms with Crippen molar-refractivity contribution in [1.29, 1.82) is 0 Å². The van der Waals surface area contributed by atoms with Crippen molar-refractivity contribution in [3.8, 4) is 11.5 Å². The van der Waals surface area contributed by atoms with Crippen molar-refractivity contribution >= 4 is 5.69 Å². The van der Waals surface area contributed by atoms with Gasteiger partial charge in [0, 0.05) is 24.2 Å². The van der Waals surface area contributed by atoms with Crippen molar-refractivity contribution < 1.29 is 14.4 Å². The second kappa shape index (κ2) is 6.88. The van der Waals surface area contributed by atoms with E-state index in [1.54, 1.807) is 19.2 Å². The number of nitrogens with zero attached hydrogens (tertiary/aromatic N) is 1. The average molecular weight is 328 g/mol. The molecule has 0 aromatic heterocycles. The Kier molecular flexibility index (Phi) is 4.66. The molecule has 0 amide bonds. The molecule has 2 aromatic carbocycles. The van der Waals surface area contributed by atoms with Crippen molar-refractivity contribution in [2.45, 2.75) is 19.4 Å². The third-order valence-electron chi connectivity index (χ3n) is 4.24. The molecular weight excluding hydrogens is 308 g/mol. The maximum Gasteiger partial charge on any atom is 0.269 e. The molecular formula is C18H20N2O4. The Morgan fingerprint density at radius 3 is 2.62 bits per heavy atom. The molecule has 126 valence electrons. The number of ether oxygens (including phenoxy) is 2. The fraction of sp³-hybridized carbons (Fsp3) is 0.333. The summed E-state index contributed by atoms with van der Waals surface area (Å²) in [6.07, 6.45) is 0.853. The van der Waals surface area contributed by atoms with E-state index in [1.165, 1.54) is 12.1 Å². The van der Waals surface area contributed by atoms with Crippen LogP contribution in [-0.4, -0.2) is 25.2 Å². The maximum absolute atomic E-state index is 10.8. The van der Waals surface area contributed by atoms with Gasteiger partial charge in [-0.2, -0.15) is 0 Å². The lowest BCUT2D eigenvalue weighted by atomic mass is 9.89. The van der Waals surface area contributed by atoms with Crippen LogP contribution in [0.2, 0.25) is 0 Å². The van der Waals surface area contributed by atoms with Gasteiger partial charge in [-0.3, -0.25) is 10.1 Å². The van der Waals surface area contributed by atoms with Gasteiger partial charge in [-0.05, 0) is 30.5 Å². The summed E-state index contributed by atoms with van der Waals surface area (Å²) in [5.74, 6) is 1.53. The zero-order chi connectivity index (χ0) is 17.1. The Morgan fingerprint density at radius 1 is 1.25 bits per heavy atom. The highest BCUT2D eigenvalue weighted by atomic mass is 16.6. The molecule has 1 atom stereocenters. The Hall–Kier alpha value is -2.60. The molecule has 3 rings (SSSR count). The van der Waals surface area contributed by atoms with Crippen molar-refractivity contribution in [1.82, 2.24) is 5.32 Å². The standard InChI is InChI=1S/C18H20N2O4/c1-3-24-18-15-10-11-19-17(14(15)8-9-16(18)23-2)12-4-6-13(7-5-12)20(21)22/h4-9,17,19H,3,10-11H2,1-2H3. The number of benzene rings is 2. The van der Waals surface area contributed by atoms with Gasteiger partial charge >= 0.3 is 0 Å². The van der Waals surface area contributed by atoms with E-state index in [4.69, 9.17) is 9.47 Å². The van der Waals surface area contributed by atoms with E-state index in [9.17, 15) is 10.1 Å². The first-order chi connectivity index (χ1) is 11.7. The average Bonchev–Trinajstić information content (AvgIpc) is 2.62. The fourth-order valence-corrected chi connectivity index (χ4v) is 3.15. The predicted molar refractivity (Wildman–Crippen MR) is 90.8 cm³/mol. The van der Waals surface area contributed by atoms with Crippen LogP contribution in [0.4, 0.5) is 5.69 Å². The summed E-state index contributed by atoms with van der Waals surface area (Å²) in [4.78, 5) is 10.4.